The van der Waals surface area contributed by atoms with Crippen molar-refractivity contribution in [2.75, 3.05) is 20.8 Å². The Morgan fingerprint density at radius 1 is 1.04 bits per heavy atom. The number of methoxy groups -OCH3 is 2. The van der Waals surface area contributed by atoms with Gasteiger partial charge in [0.1, 0.15) is 4.90 Å². The van der Waals surface area contributed by atoms with Gasteiger partial charge in [-0.15, -0.1) is 0 Å². The van der Waals surface area contributed by atoms with Crippen LogP contribution in [0.2, 0.25) is 5.02 Å². The van der Waals surface area contributed by atoms with Crippen molar-refractivity contribution >= 4 is 21.6 Å². The summed E-state index contributed by atoms with van der Waals surface area (Å²) < 4.78 is 37.4. The quantitative estimate of drug-likeness (QED) is 0.829. The Kier molecular flexibility index (Phi) is 5.87. The van der Waals surface area contributed by atoms with E-state index in [2.05, 4.69) is 4.72 Å². The zero-order valence-corrected chi connectivity index (χ0v) is 14.4. The third kappa shape index (κ3) is 4.37. The molecule has 0 saturated carbocycles. The van der Waals surface area contributed by atoms with Crippen LogP contribution in [0.5, 0.6) is 11.5 Å². The second kappa shape index (κ2) is 7.68. The molecule has 0 atom stereocenters. The van der Waals surface area contributed by atoms with E-state index < -0.39 is 10.0 Å². The fourth-order valence-corrected chi connectivity index (χ4v) is 3.66. The van der Waals surface area contributed by atoms with Crippen LogP contribution in [0.25, 0.3) is 0 Å². The molecule has 0 bridgehead atoms. The summed E-state index contributed by atoms with van der Waals surface area (Å²) in [5, 5.41) is 0.200. The van der Waals surface area contributed by atoms with Crippen LogP contribution in [0.3, 0.4) is 0 Å². The van der Waals surface area contributed by atoms with Crippen molar-refractivity contribution in [3.8, 4) is 11.5 Å². The lowest BCUT2D eigenvalue weighted by molar-refractivity contribution is 0.354. The van der Waals surface area contributed by atoms with Crippen LogP contribution in [-0.4, -0.2) is 29.2 Å². The van der Waals surface area contributed by atoms with E-state index in [1.165, 1.54) is 6.07 Å². The van der Waals surface area contributed by atoms with Crippen molar-refractivity contribution in [3.05, 3.63) is 53.1 Å². The molecular weight excluding hydrogens is 338 g/mol. The van der Waals surface area contributed by atoms with Crippen molar-refractivity contribution in [1.29, 1.82) is 0 Å². The summed E-state index contributed by atoms with van der Waals surface area (Å²) in [6.07, 6.45) is 0.518. The van der Waals surface area contributed by atoms with Gasteiger partial charge in [0.2, 0.25) is 10.0 Å². The summed E-state index contributed by atoms with van der Waals surface area (Å²) in [7, 11) is -0.505. The van der Waals surface area contributed by atoms with Crippen LogP contribution >= 0.6 is 11.6 Å². The molecule has 0 aromatic heterocycles. The highest BCUT2D eigenvalue weighted by Gasteiger charge is 2.16. The summed E-state index contributed by atoms with van der Waals surface area (Å²) >= 11 is 5.93. The van der Waals surface area contributed by atoms with Gasteiger partial charge in [-0.25, -0.2) is 13.1 Å². The third-order valence-corrected chi connectivity index (χ3v) is 5.24. The van der Waals surface area contributed by atoms with Crippen molar-refractivity contribution < 1.29 is 17.9 Å². The molecule has 0 amide bonds. The zero-order chi connectivity index (χ0) is 16.9. The van der Waals surface area contributed by atoms with Gasteiger partial charge in [-0.05, 0) is 36.2 Å². The maximum atomic E-state index is 12.2. The lowest BCUT2D eigenvalue weighted by Gasteiger charge is -2.11. The molecular formula is C16H18ClNO4S. The summed E-state index contributed by atoms with van der Waals surface area (Å²) in [6, 6.07) is 11.8. The van der Waals surface area contributed by atoms with Gasteiger partial charge >= 0.3 is 0 Å². The first-order valence-corrected chi connectivity index (χ1v) is 8.79. The fraction of sp³-hybridized carbons (Fsp3) is 0.250. The number of hydrogen-bond donors (Lipinski definition) is 1. The molecule has 0 heterocycles. The summed E-state index contributed by atoms with van der Waals surface area (Å²) in [6.45, 7) is 0.253. The van der Waals surface area contributed by atoms with Crippen molar-refractivity contribution in [3.63, 3.8) is 0 Å². The number of nitrogens with one attached hydrogen (secondary N) is 1. The van der Waals surface area contributed by atoms with Gasteiger partial charge in [0.05, 0.1) is 19.2 Å². The third-order valence-electron chi connectivity index (χ3n) is 3.28. The van der Waals surface area contributed by atoms with Gasteiger partial charge in [0, 0.05) is 6.54 Å². The van der Waals surface area contributed by atoms with E-state index in [0.717, 1.165) is 5.56 Å². The molecule has 0 aliphatic heterocycles. The molecule has 5 nitrogen and oxygen atoms in total. The molecule has 2 aromatic rings. The molecule has 23 heavy (non-hydrogen) atoms. The highest BCUT2D eigenvalue weighted by atomic mass is 35.5. The highest BCUT2D eigenvalue weighted by molar-refractivity contribution is 7.89. The Morgan fingerprint density at radius 2 is 1.74 bits per heavy atom. The lowest BCUT2D eigenvalue weighted by Crippen LogP contribution is -2.26. The van der Waals surface area contributed by atoms with Gasteiger partial charge in [0.15, 0.2) is 11.5 Å². The van der Waals surface area contributed by atoms with Crippen molar-refractivity contribution in [1.82, 2.24) is 4.72 Å². The summed E-state index contributed by atoms with van der Waals surface area (Å²) in [5.41, 5.74) is 0.935. The molecule has 0 aliphatic rings. The second-order valence-corrected chi connectivity index (χ2v) is 6.91. The minimum atomic E-state index is -3.63. The van der Waals surface area contributed by atoms with E-state index in [1.54, 1.807) is 38.5 Å². The van der Waals surface area contributed by atoms with Crippen LogP contribution in [-0.2, 0) is 16.4 Å². The van der Waals surface area contributed by atoms with Gasteiger partial charge in [-0.1, -0.05) is 29.8 Å². The predicted octanol–water partition coefficient (Wildman–Crippen LogP) is 2.88. The van der Waals surface area contributed by atoms with Crippen LogP contribution in [0.15, 0.2) is 47.4 Å². The van der Waals surface area contributed by atoms with E-state index in [-0.39, 0.29) is 16.5 Å². The van der Waals surface area contributed by atoms with E-state index in [4.69, 9.17) is 21.1 Å². The molecule has 2 aromatic carbocycles. The van der Waals surface area contributed by atoms with E-state index in [1.807, 2.05) is 12.1 Å². The van der Waals surface area contributed by atoms with Crippen molar-refractivity contribution in [2.24, 2.45) is 0 Å². The SMILES string of the molecule is COc1ccc(CCNS(=O)(=O)c2ccccc2Cl)cc1OC. The first-order valence-electron chi connectivity index (χ1n) is 6.93. The van der Waals surface area contributed by atoms with Gasteiger partial charge in [-0.3, -0.25) is 0 Å². The normalized spacial score (nSPS) is 11.3. The molecule has 7 heteroatoms. The zero-order valence-electron chi connectivity index (χ0n) is 12.9. The molecule has 1 N–H and O–H groups in total. The Bertz CT molecular complexity index is 777. The van der Waals surface area contributed by atoms with E-state index in [9.17, 15) is 8.42 Å². The summed E-state index contributed by atoms with van der Waals surface area (Å²) in [5.74, 6) is 1.24. The summed E-state index contributed by atoms with van der Waals surface area (Å²) in [4.78, 5) is 0.0778. The number of benzene rings is 2. The Labute approximate surface area is 141 Å². The van der Waals surface area contributed by atoms with Gasteiger partial charge in [-0.2, -0.15) is 0 Å². The predicted molar refractivity (Wildman–Crippen MR) is 89.9 cm³/mol. The van der Waals surface area contributed by atoms with Crippen LogP contribution in [0, 0.1) is 0 Å². The Hall–Kier alpha value is -1.76. The molecule has 0 unspecified atom stereocenters. The number of sulfonamides is 1. The lowest BCUT2D eigenvalue weighted by atomic mass is 10.1. The van der Waals surface area contributed by atoms with Crippen LogP contribution in [0.4, 0.5) is 0 Å². The first kappa shape index (κ1) is 17.6. The first-order chi connectivity index (χ1) is 11.0. The van der Waals surface area contributed by atoms with Crippen LogP contribution < -0.4 is 14.2 Å². The molecule has 0 saturated heterocycles. The minimum absolute atomic E-state index is 0.0778. The molecule has 0 radical (unpaired) electrons. The standard InChI is InChI=1S/C16H18ClNO4S/c1-21-14-8-7-12(11-15(14)22-2)9-10-18-23(19,20)16-6-4-3-5-13(16)17/h3-8,11,18H,9-10H2,1-2H3. The van der Waals surface area contributed by atoms with E-state index >= 15 is 0 Å². The minimum Gasteiger partial charge on any atom is -0.493 e. The number of rotatable bonds is 7. The number of halogens is 1. The average Bonchev–Trinajstić information content (AvgIpc) is 2.54. The topological polar surface area (TPSA) is 64.6 Å². The van der Waals surface area contributed by atoms with Gasteiger partial charge in [0.25, 0.3) is 0 Å². The Balaban J connectivity index is 2.04. The molecule has 0 spiro atoms. The van der Waals surface area contributed by atoms with Gasteiger partial charge < -0.3 is 9.47 Å². The van der Waals surface area contributed by atoms with E-state index in [0.29, 0.717) is 17.9 Å². The number of hydrogen-bond acceptors (Lipinski definition) is 4. The Morgan fingerprint density at radius 3 is 2.39 bits per heavy atom. The monoisotopic (exact) mass is 355 g/mol. The highest BCUT2D eigenvalue weighted by Crippen LogP contribution is 2.27. The van der Waals surface area contributed by atoms with Crippen LogP contribution in [0.1, 0.15) is 5.56 Å². The number of ether oxygens (including phenoxy) is 2. The smallest absolute Gasteiger partial charge is 0.242 e. The average molecular weight is 356 g/mol. The molecule has 2 rings (SSSR count). The maximum absolute atomic E-state index is 12.2. The largest absolute Gasteiger partial charge is 0.493 e. The molecule has 124 valence electrons. The maximum Gasteiger partial charge on any atom is 0.242 e. The molecule has 0 fully saturated rings. The fourth-order valence-electron chi connectivity index (χ4n) is 2.11. The van der Waals surface area contributed by atoms with Crippen molar-refractivity contribution in [2.45, 2.75) is 11.3 Å². The second-order valence-electron chi connectivity index (χ2n) is 4.77. The molecule has 0 aliphatic carbocycles.